The normalized spacial score (nSPS) is 10.2. The zero-order chi connectivity index (χ0) is 17.0. The van der Waals surface area contributed by atoms with Gasteiger partial charge in [-0.05, 0) is 31.5 Å². The maximum absolute atomic E-state index is 12.4. The van der Waals surface area contributed by atoms with Gasteiger partial charge < -0.3 is 9.72 Å². The molecular formula is C16H15N3O3S. The van der Waals surface area contributed by atoms with Crippen LogP contribution in [0.2, 0.25) is 0 Å². The highest BCUT2D eigenvalue weighted by Crippen LogP contribution is 2.22. The molecule has 0 bridgehead atoms. The van der Waals surface area contributed by atoms with Crippen molar-refractivity contribution in [2.75, 3.05) is 12.9 Å². The number of nitriles is 1. The van der Waals surface area contributed by atoms with Gasteiger partial charge in [-0.15, -0.1) is 0 Å². The first kappa shape index (κ1) is 16.8. The van der Waals surface area contributed by atoms with Gasteiger partial charge in [0, 0.05) is 11.9 Å². The smallest absolute Gasteiger partial charge is 0.339 e. The summed E-state index contributed by atoms with van der Waals surface area (Å²) in [6.45, 7) is 3.43. The Kier molecular flexibility index (Phi) is 5.19. The van der Waals surface area contributed by atoms with Gasteiger partial charge in [-0.25, -0.2) is 9.78 Å². The van der Waals surface area contributed by atoms with E-state index in [4.69, 9.17) is 10.00 Å². The number of rotatable bonds is 5. The molecule has 0 aliphatic rings. The van der Waals surface area contributed by atoms with Crippen LogP contribution in [0.25, 0.3) is 0 Å². The maximum atomic E-state index is 12.4. The minimum absolute atomic E-state index is 0.144. The van der Waals surface area contributed by atoms with Gasteiger partial charge >= 0.3 is 5.97 Å². The lowest BCUT2D eigenvalue weighted by molar-refractivity contribution is 0.0599. The molecule has 118 valence electrons. The number of ketones is 1. The van der Waals surface area contributed by atoms with Crippen LogP contribution in [0.1, 0.15) is 37.7 Å². The van der Waals surface area contributed by atoms with Crippen LogP contribution in [0.15, 0.2) is 23.4 Å². The molecule has 6 nitrogen and oxygen atoms in total. The zero-order valence-electron chi connectivity index (χ0n) is 13.0. The summed E-state index contributed by atoms with van der Waals surface area (Å²) in [6, 6.07) is 5.26. The summed E-state index contributed by atoms with van der Waals surface area (Å²) in [5.74, 6) is -0.454. The number of pyridine rings is 1. The monoisotopic (exact) mass is 329 g/mol. The highest BCUT2D eigenvalue weighted by molar-refractivity contribution is 7.99. The number of carbonyl (C=O) groups is 2. The van der Waals surface area contributed by atoms with Gasteiger partial charge in [0.25, 0.3) is 0 Å². The van der Waals surface area contributed by atoms with Crippen molar-refractivity contribution in [1.82, 2.24) is 9.97 Å². The Morgan fingerprint density at radius 2 is 2.17 bits per heavy atom. The number of carbonyl (C=O) groups excluding carboxylic acids is 2. The molecule has 0 saturated heterocycles. The van der Waals surface area contributed by atoms with Crippen molar-refractivity contribution in [2.24, 2.45) is 0 Å². The molecule has 2 aromatic rings. The van der Waals surface area contributed by atoms with E-state index >= 15 is 0 Å². The number of nitrogens with zero attached hydrogens (tertiary/aromatic N) is 2. The van der Waals surface area contributed by atoms with E-state index in [0.717, 1.165) is 0 Å². The quantitative estimate of drug-likeness (QED) is 0.515. The molecule has 0 unspecified atom stereocenters. The predicted molar refractivity (Wildman–Crippen MR) is 85.6 cm³/mol. The van der Waals surface area contributed by atoms with Crippen LogP contribution in [-0.4, -0.2) is 34.6 Å². The predicted octanol–water partition coefficient (Wildman–Crippen LogP) is 2.66. The Bertz CT molecular complexity index is 805. The zero-order valence-corrected chi connectivity index (χ0v) is 13.8. The van der Waals surface area contributed by atoms with Crippen LogP contribution in [0.4, 0.5) is 0 Å². The van der Waals surface area contributed by atoms with Crippen LogP contribution in [0.5, 0.6) is 0 Å². The molecule has 0 aliphatic heterocycles. The highest BCUT2D eigenvalue weighted by Gasteiger charge is 2.22. The van der Waals surface area contributed by atoms with E-state index in [1.165, 1.54) is 25.1 Å². The summed E-state index contributed by atoms with van der Waals surface area (Å²) >= 11 is 1.24. The number of H-pyrrole nitrogens is 1. The molecule has 1 N–H and O–H groups in total. The van der Waals surface area contributed by atoms with Gasteiger partial charge in [0.2, 0.25) is 0 Å². The van der Waals surface area contributed by atoms with Crippen molar-refractivity contribution < 1.29 is 14.3 Å². The Hall–Kier alpha value is -2.59. The summed E-state index contributed by atoms with van der Waals surface area (Å²) in [7, 11) is 1.30. The number of Topliss-reactive ketones (excluding diaryl/α,β-unsaturated/α-hetero) is 1. The number of aromatic amines is 1. The number of hydrogen-bond acceptors (Lipinski definition) is 6. The number of nitrogens with one attached hydrogen (secondary N) is 1. The molecule has 0 atom stereocenters. The topological polar surface area (TPSA) is 95.8 Å². The van der Waals surface area contributed by atoms with Gasteiger partial charge in [0.1, 0.15) is 0 Å². The molecule has 2 heterocycles. The number of esters is 1. The molecule has 2 rings (SSSR count). The Morgan fingerprint density at radius 3 is 2.83 bits per heavy atom. The lowest BCUT2D eigenvalue weighted by Gasteiger charge is -2.02. The molecule has 0 aromatic carbocycles. The second-order valence-electron chi connectivity index (χ2n) is 4.82. The van der Waals surface area contributed by atoms with Crippen molar-refractivity contribution >= 4 is 23.5 Å². The lowest BCUT2D eigenvalue weighted by Crippen LogP contribution is -2.07. The van der Waals surface area contributed by atoms with Crippen LogP contribution in [-0.2, 0) is 4.74 Å². The maximum Gasteiger partial charge on any atom is 0.339 e. The number of aryl methyl sites for hydroxylation is 1. The van der Waals surface area contributed by atoms with Gasteiger partial charge in [0.05, 0.1) is 40.8 Å². The number of thioether (sulfide) groups is 1. The van der Waals surface area contributed by atoms with Crippen molar-refractivity contribution in [1.29, 1.82) is 5.26 Å². The minimum Gasteiger partial charge on any atom is -0.465 e. The van der Waals surface area contributed by atoms with Crippen LogP contribution < -0.4 is 0 Å². The van der Waals surface area contributed by atoms with Crippen molar-refractivity contribution in [3.63, 3.8) is 0 Å². The molecule has 0 spiro atoms. The number of hydrogen-bond donors (Lipinski definition) is 1. The largest absolute Gasteiger partial charge is 0.465 e. The molecular weight excluding hydrogens is 314 g/mol. The fourth-order valence-electron chi connectivity index (χ4n) is 2.21. The fourth-order valence-corrected chi connectivity index (χ4v) is 2.98. The molecule has 0 radical (unpaired) electrons. The molecule has 0 saturated carbocycles. The van der Waals surface area contributed by atoms with Crippen molar-refractivity contribution in [3.05, 3.63) is 46.4 Å². The Morgan fingerprint density at radius 1 is 1.43 bits per heavy atom. The first-order valence-electron chi connectivity index (χ1n) is 6.77. The highest BCUT2D eigenvalue weighted by atomic mass is 32.2. The van der Waals surface area contributed by atoms with Crippen LogP contribution in [0, 0.1) is 25.2 Å². The Labute approximate surface area is 137 Å². The van der Waals surface area contributed by atoms with Crippen LogP contribution >= 0.6 is 11.8 Å². The average Bonchev–Trinajstić information content (AvgIpc) is 2.86. The van der Waals surface area contributed by atoms with E-state index < -0.39 is 5.97 Å². The standard InChI is InChI=1S/C16H15N3O3S/c1-9-14(16(21)22-3)10(2)19-15(9)12(20)8-23-13-6-11(7-17)4-5-18-13/h4-6,19H,8H2,1-3H3. The van der Waals surface area contributed by atoms with E-state index in [2.05, 4.69) is 9.97 Å². The summed E-state index contributed by atoms with van der Waals surface area (Å²) in [5, 5.41) is 9.46. The fraction of sp³-hybridized carbons (Fsp3) is 0.250. The third-order valence-corrected chi connectivity index (χ3v) is 4.25. The van der Waals surface area contributed by atoms with Gasteiger partial charge in [-0.3, -0.25) is 4.79 Å². The van der Waals surface area contributed by atoms with Gasteiger partial charge in [-0.1, -0.05) is 11.8 Å². The number of ether oxygens (including phenoxy) is 1. The summed E-state index contributed by atoms with van der Waals surface area (Å²) in [6.07, 6.45) is 1.53. The van der Waals surface area contributed by atoms with E-state index in [1.54, 1.807) is 26.0 Å². The minimum atomic E-state index is -0.466. The van der Waals surface area contributed by atoms with E-state index in [9.17, 15) is 9.59 Å². The lowest BCUT2D eigenvalue weighted by atomic mass is 10.1. The summed E-state index contributed by atoms with van der Waals surface area (Å²) in [4.78, 5) is 31.2. The van der Waals surface area contributed by atoms with Crippen LogP contribution in [0.3, 0.4) is 0 Å². The van der Waals surface area contributed by atoms with E-state index in [0.29, 0.717) is 33.1 Å². The van der Waals surface area contributed by atoms with Crippen molar-refractivity contribution in [2.45, 2.75) is 18.9 Å². The summed E-state index contributed by atoms with van der Waals surface area (Å²) in [5.41, 5.74) is 2.47. The third-order valence-electron chi connectivity index (χ3n) is 3.32. The molecule has 23 heavy (non-hydrogen) atoms. The SMILES string of the molecule is COC(=O)c1c(C)[nH]c(C(=O)CSc2cc(C#N)ccn2)c1C. The molecule has 0 amide bonds. The number of aromatic nitrogens is 2. The molecule has 7 heteroatoms. The molecule has 2 aromatic heterocycles. The first-order valence-corrected chi connectivity index (χ1v) is 7.76. The van der Waals surface area contributed by atoms with Gasteiger partial charge in [-0.2, -0.15) is 5.26 Å². The van der Waals surface area contributed by atoms with Gasteiger partial charge in [0.15, 0.2) is 5.78 Å². The molecule has 0 fully saturated rings. The summed E-state index contributed by atoms with van der Waals surface area (Å²) < 4.78 is 4.73. The average molecular weight is 329 g/mol. The third kappa shape index (κ3) is 3.60. The second-order valence-corrected chi connectivity index (χ2v) is 5.82. The van der Waals surface area contributed by atoms with E-state index in [-0.39, 0.29) is 11.5 Å². The molecule has 0 aliphatic carbocycles. The number of methoxy groups -OCH3 is 1. The van der Waals surface area contributed by atoms with Crippen molar-refractivity contribution in [3.8, 4) is 6.07 Å². The Balaban J connectivity index is 2.15. The first-order chi connectivity index (χ1) is 11.0. The van der Waals surface area contributed by atoms with E-state index in [1.807, 2.05) is 6.07 Å². The second kappa shape index (κ2) is 7.11.